The van der Waals surface area contributed by atoms with Crippen molar-refractivity contribution in [3.05, 3.63) is 44.7 Å². The van der Waals surface area contributed by atoms with Crippen LogP contribution in [0.2, 0.25) is 0 Å². The van der Waals surface area contributed by atoms with Crippen molar-refractivity contribution < 1.29 is 9.72 Å². The zero-order valence-electron chi connectivity index (χ0n) is 10.7. The lowest BCUT2D eigenvalue weighted by Gasteiger charge is -2.07. The Kier molecular flexibility index (Phi) is 4.60. The van der Waals surface area contributed by atoms with Crippen LogP contribution in [0.25, 0.3) is 0 Å². The number of nitrogens with two attached hydrogens (primary N) is 1. The first-order valence-corrected chi connectivity index (χ1v) is 6.61. The van der Waals surface area contributed by atoms with Gasteiger partial charge in [0.05, 0.1) is 22.5 Å². The number of non-ortho nitro benzene ring substituents is 1. The van der Waals surface area contributed by atoms with E-state index in [4.69, 9.17) is 5.73 Å². The van der Waals surface area contributed by atoms with Crippen LogP contribution in [0.4, 0.5) is 11.4 Å². The number of rotatable bonds is 5. The number of aromatic nitrogens is 3. The molecule has 0 saturated carbocycles. The largest absolute Gasteiger partial charge is 0.325 e. The molecule has 0 saturated heterocycles. The maximum Gasteiger partial charge on any atom is 0.270 e. The molecule has 10 heteroatoms. The number of nitrogens with one attached hydrogen (secondary N) is 1. The second-order valence-corrected chi connectivity index (χ2v) is 4.94. The average Bonchev–Trinajstić information content (AvgIpc) is 2.88. The Morgan fingerprint density at radius 2 is 2.29 bits per heavy atom. The van der Waals surface area contributed by atoms with E-state index in [1.165, 1.54) is 22.9 Å². The summed E-state index contributed by atoms with van der Waals surface area (Å²) in [5, 5.41) is 20.8. The Hall–Kier alpha value is -2.33. The summed E-state index contributed by atoms with van der Waals surface area (Å²) in [5.74, 6) is -0.335. The van der Waals surface area contributed by atoms with Gasteiger partial charge in [-0.05, 0) is 22.0 Å². The maximum atomic E-state index is 11.9. The number of halogens is 1. The summed E-state index contributed by atoms with van der Waals surface area (Å²) >= 11 is 3.17. The van der Waals surface area contributed by atoms with E-state index in [0.29, 0.717) is 15.9 Å². The molecule has 0 aliphatic heterocycles. The number of amides is 1. The molecule has 110 valence electrons. The monoisotopic (exact) mass is 354 g/mol. The van der Waals surface area contributed by atoms with Gasteiger partial charge in [0.2, 0.25) is 5.91 Å². The van der Waals surface area contributed by atoms with Gasteiger partial charge in [-0.3, -0.25) is 14.9 Å². The lowest BCUT2D eigenvalue weighted by Crippen LogP contribution is -2.19. The van der Waals surface area contributed by atoms with Gasteiger partial charge in [-0.15, -0.1) is 5.10 Å². The Morgan fingerprint density at radius 3 is 2.86 bits per heavy atom. The molecular weight excluding hydrogens is 344 g/mol. The summed E-state index contributed by atoms with van der Waals surface area (Å²) in [4.78, 5) is 22.0. The maximum absolute atomic E-state index is 11.9. The molecule has 1 aromatic heterocycles. The third kappa shape index (κ3) is 3.83. The Bertz CT molecular complexity index is 686. The number of nitro groups is 1. The summed E-state index contributed by atoms with van der Waals surface area (Å²) in [6, 6.07) is 4.08. The van der Waals surface area contributed by atoms with Gasteiger partial charge in [0, 0.05) is 23.2 Å². The highest BCUT2D eigenvalue weighted by Crippen LogP contribution is 2.27. The third-order valence-electron chi connectivity index (χ3n) is 2.54. The summed E-state index contributed by atoms with van der Waals surface area (Å²) in [5.41, 5.74) is 6.35. The van der Waals surface area contributed by atoms with Gasteiger partial charge < -0.3 is 11.1 Å². The van der Waals surface area contributed by atoms with Gasteiger partial charge in [-0.2, -0.15) is 0 Å². The standard InChI is InChI=1S/C11H11BrN6O3/c12-9-3-8(18(20)21)1-2-10(9)14-11(19)6-17-5-7(4-13)15-16-17/h1-3,5H,4,6,13H2,(H,14,19). The van der Waals surface area contributed by atoms with E-state index >= 15 is 0 Å². The van der Waals surface area contributed by atoms with Crippen LogP contribution in [0, 0.1) is 10.1 Å². The fourth-order valence-corrected chi connectivity index (χ4v) is 2.03. The van der Waals surface area contributed by atoms with Gasteiger partial charge in [-0.1, -0.05) is 5.21 Å². The Labute approximate surface area is 127 Å². The van der Waals surface area contributed by atoms with E-state index in [9.17, 15) is 14.9 Å². The fourth-order valence-electron chi connectivity index (χ4n) is 1.57. The second kappa shape index (κ2) is 6.41. The third-order valence-corrected chi connectivity index (χ3v) is 3.19. The van der Waals surface area contributed by atoms with Crippen molar-refractivity contribution in [1.82, 2.24) is 15.0 Å². The van der Waals surface area contributed by atoms with Crippen LogP contribution in [0.3, 0.4) is 0 Å². The van der Waals surface area contributed by atoms with Crippen LogP contribution in [-0.4, -0.2) is 25.8 Å². The number of carbonyl (C=O) groups excluding carboxylic acids is 1. The van der Waals surface area contributed by atoms with E-state index in [0.717, 1.165) is 0 Å². The molecule has 0 atom stereocenters. The van der Waals surface area contributed by atoms with Crippen molar-refractivity contribution in [2.45, 2.75) is 13.1 Å². The minimum absolute atomic E-state index is 0.0313. The first-order chi connectivity index (χ1) is 9.99. The molecule has 0 spiro atoms. The number of hydrogen-bond acceptors (Lipinski definition) is 6. The van der Waals surface area contributed by atoms with Gasteiger partial charge in [0.25, 0.3) is 5.69 Å². The fraction of sp³-hybridized carbons (Fsp3) is 0.182. The van der Waals surface area contributed by atoms with Crippen molar-refractivity contribution >= 4 is 33.2 Å². The molecule has 9 nitrogen and oxygen atoms in total. The minimum atomic E-state index is -0.514. The lowest BCUT2D eigenvalue weighted by atomic mass is 10.3. The highest BCUT2D eigenvalue weighted by Gasteiger charge is 2.12. The molecular formula is C11H11BrN6O3. The topological polar surface area (TPSA) is 129 Å². The van der Waals surface area contributed by atoms with Crippen molar-refractivity contribution in [3.8, 4) is 0 Å². The van der Waals surface area contributed by atoms with Crippen molar-refractivity contribution in [2.24, 2.45) is 5.73 Å². The summed E-state index contributed by atoms with van der Waals surface area (Å²) in [6.07, 6.45) is 1.57. The number of hydrogen-bond donors (Lipinski definition) is 2. The van der Waals surface area contributed by atoms with E-state index in [1.807, 2.05) is 0 Å². The molecule has 0 bridgehead atoms. The zero-order chi connectivity index (χ0) is 15.4. The molecule has 0 radical (unpaired) electrons. The molecule has 1 aromatic carbocycles. The molecule has 21 heavy (non-hydrogen) atoms. The quantitative estimate of drug-likeness (QED) is 0.609. The molecule has 0 aliphatic carbocycles. The zero-order valence-corrected chi connectivity index (χ0v) is 12.3. The Morgan fingerprint density at radius 1 is 1.52 bits per heavy atom. The van der Waals surface area contributed by atoms with Gasteiger partial charge in [0.1, 0.15) is 6.54 Å². The van der Waals surface area contributed by atoms with E-state index in [2.05, 4.69) is 31.6 Å². The SMILES string of the molecule is NCc1cn(CC(=O)Nc2ccc([N+](=O)[O-])cc2Br)nn1. The molecule has 0 aliphatic rings. The predicted octanol–water partition coefficient (Wildman–Crippen LogP) is 1.05. The molecule has 1 amide bonds. The smallest absolute Gasteiger partial charge is 0.270 e. The number of benzene rings is 1. The lowest BCUT2D eigenvalue weighted by molar-refractivity contribution is -0.384. The van der Waals surface area contributed by atoms with Crippen LogP contribution in [-0.2, 0) is 17.9 Å². The number of nitrogens with zero attached hydrogens (tertiary/aromatic N) is 4. The van der Waals surface area contributed by atoms with Crippen molar-refractivity contribution in [2.75, 3.05) is 5.32 Å². The van der Waals surface area contributed by atoms with Gasteiger partial charge in [-0.25, -0.2) is 4.68 Å². The first-order valence-electron chi connectivity index (χ1n) is 5.82. The molecule has 2 aromatic rings. The van der Waals surface area contributed by atoms with Gasteiger partial charge in [0.15, 0.2) is 0 Å². The highest BCUT2D eigenvalue weighted by molar-refractivity contribution is 9.10. The number of anilines is 1. The highest BCUT2D eigenvalue weighted by atomic mass is 79.9. The normalized spacial score (nSPS) is 10.4. The summed E-state index contributed by atoms with van der Waals surface area (Å²) < 4.78 is 1.78. The van der Waals surface area contributed by atoms with Crippen LogP contribution in [0.1, 0.15) is 5.69 Å². The minimum Gasteiger partial charge on any atom is -0.325 e. The first kappa shape index (κ1) is 15.1. The van der Waals surface area contributed by atoms with Crippen LogP contribution >= 0.6 is 15.9 Å². The second-order valence-electron chi connectivity index (χ2n) is 4.08. The summed E-state index contributed by atoms with van der Waals surface area (Å²) in [6.45, 7) is 0.214. The average molecular weight is 355 g/mol. The van der Waals surface area contributed by atoms with Crippen molar-refractivity contribution in [3.63, 3.8) is 0 Å². The number of nitro benzene ring substituents is 1. The van der Waals surface area contributed by atoms with Crippen LogP contribution in [0.15, 0.2) is 28.9 Å². The van der Waals surface area contributed by atoms with E-state index < -0.39 is 4.92 Å². The van der Waals surface area contributed by atoms with E-state index in [-0.39, 0.29) is 24.7 Å². The Balaban J connectivity index is 2.04. The van der Waals surface area contributed by atoms with E-state index in [1.54, 1.807) is 6.20 Å². The molecule has 0 fully saturated rings. The molecule has 3 N–H and O–H groups in total. The predicted molar refractivity (Wildman–Crippen MR) is 77.3 cm³/mol. The van der Waals surface area contributed by atoms with Crippen LogP contribution in [0.5, 0.6) is 0 Å². The van der Waals surface area contributed by atoms with Crippen molar-refractivity contribution in [1.29, 1.82) is 0 Å². The molecule has 2 rings (SSSR count). The molecule has 1 heterocycles. The molecule has 0 unspecified atom stereocenters. The number of carbonyl (C=O) groups is 1. The van der Waals surface area contributed by atoms with Crippen LogP contribution < -0.4 is 11.1 Å². The van der Waals surface area contributed by atoms with Gasteiger partial charge >= 0.3 is 0 Å². The summed E-state index contributed by atoms with van der Waals surface area (Å²) in [7, 11) is 0.